The maximum atomic E-state index is 13.1. The predicted octanol–water partition coefficient (Wildman–Crippen LogP) is 2.56. The standard InChI is InChI=1S/C21H23N3O6S/c1-2-29-16-7-5-15(6-8-16)22-20(25)14-4-3-11-24(13-14)31(27,28)17-9-10-18-19(12-17)30-21(26)23-18/h5-10,12,14H,2-4,11,13H2,1H3,(H,22,25)(H,23,26). The fourth-order valence-corrected chi connectivity index (χ4v) is 5.20. The predicted molar refractivity (Wildman–Crippen MR) is 115 cm³/mol. The Kier molecular flexibility index (Phi) is 5.84. The Morgan fingerprint density at radius 2 is 2.03 bits per heavy atom. The third-order valence-corrected chi connectivity index (χ3v) is 7.08. The van der Waals surface area contributed by atoms with Crippen LogP contribution < -0.4 is 15.8 Å². The summed E-state index contributed by atoms with van der Waals surface area (Å²) in [6, 6.07) is 11.3. The minimum absolute atomic E-state index is 0.0234. The lowest BCUT2D eigenvalue weighted by Gasteiger charge is -2.31. The normalized spacial score (nSPS) is 17.5. The second kappa shape index (κ2) is 8.56. The van der Waals surface area contributed by atoms with Gasteiger partial charge >= 0.3 is 5.76 Å². The highest BCUT2D eigenvalue weighted by molar-refractivity contribution is 7.89. The first-order chi connectivity index (χ1) is 14.9. The van der Waals surface area contributed by atoms with Gasteiger partial charge in [-0.3, -0.25) is 9.78 Å². The first-order valence-corrected chi connectivity index (χ1v) is 11.5. The molecule has 0 aliphatic carbocycles. The van der Waals surface area contributed by atoms with Gasteiger partial charge in [0.25, 0.3) is 0 Å². The van der Waals surface area contributed by atoms with Gasteiger partial charge in [0.05, 0.1) is 22.9 Å². The topological polar surface area (TPSA) is 122 Å². The van der Waals surface area contributed by atoms with Crippen LogP contribution in [-0.2, 0) is 14.8 Å². The number of fused-ring (bicyclic) bond motifs is 1. The monoisotopic (exact) mass is 445 g/mol. The number of sulfonamides is 1. The molecule has 1 fully saturated rings. The highest BCUT2D eigenvalue weighted by Gasteiger charge is 2.33. The molecule has 2 N–H and O–H groups in total. The van der Waals surface area contributed by atoms with E-state index < -0.39 is 21.7 Å². The van der Waals surface area contributed by atoms with Gasteiger partial charge in [-0.2, -0.15) is 4.31 Å². The fraction of sp³-hybridized carbons (Fsp3) is 0.333. The van der Waals surface area contributed by atoms with Gasteiger partial charge in [0.1, 0.15) is 5.75 Å². The maximum absolute atomic E-state index is 13.1. The number of piperidine rings is 1. The molecule has 3 aromatic rings. The van der Waals surface area contributed by atoms with Gasteiger partial charge in [0, 0.05) is 24.8 Å². The number of rotatable bonds is 6. The number of oxazole rings is 1. The minimum atomic E-state index is -3.83. The van der Waals surface area contributed by atoms with Gasteiger partial charge in [-0.1, -0.05) is 0 Å². The molecule has 1 saturated heterocycles. The molecule has 31 heavy (non-hydrogen) atoms. The van der Waals surface area contributed by atoms with Crippen LogP contribution in [0.5, 0.6) is 5.75 Å². The zero-order valence-corrected chi connectivity index (χ0v) is 17.8. The number of aromatic amines is 1. The summed E-state index contributed by atoms with van der Waals surface area (Å²) in [5.74, 6) is -0.626. The lowest BCUT2D eigenvalue weighted by Crippen LogP contribution is -2.43. The number of H-pyrrole nitrogens is 1. The van der Waals surface area contributed by atoms with Gasteiger partial charge in [-0.05, 0) is 56.2 Å². The lowest BCUT2D eigenvalue weighted by atomic mass is 9.99. The number of carbonyl (C=O) groups is 1. The summed E-state index contributed by atoms with van der Waals surface area (Å²) in [4.78, 5) is 26.6. The van der Waals surface area contributed by atoms with Crippen LogP contribution in [0.2, 0.25) is 0 Å². The molecule has 2 heterocycles. The minimum Gasteiger partial charge on any atom is -0.494 e. The third-order valence-electron chi connectivity index (χ3n) is 5.22. The van der Waals surface area contributed by atoms with E-state index in [9.17, 15) is 18.0 Å². The number of ether oxygens (including phenoxy) is 1. The number of carbonyl (C=O) groups excluding carboxylic acids is 1. The maximum Gasteiger partial charge on any atom is 0.417 e. The van der Waals surface area contributed by atoms with Crippen molar-refractivity contribution in [1.29, 1.82) is 0 Å². The summed E-state index contributed by atoms with van der Waals surface area (Å²) in [6.45, 7) is 2.86. The Morgan fingerprint density at radius 1 is 1.26 bits per heavy atom. The number of nitrogens with one attached hydrogen (secondary N) is 2. The first kappa shape index (κ1) is 21.1. The highest BCUT2D eigenvalue weighted by Crippen LogP contribution is 2.26. The van der Waals surface area contributed by atoms with Gasteiger partial charge in [-0.25, -0.2) is 13.2 Å². The van der Waals surface area contributed by atoms with Gasteiger partial charge in [0.2, 0.25) is 15.9 Å². The van der Waals surface area contributed by atoms with Crippen molar-refractivity contribution in [3.05, 3.63) is 53.0 Å². The summed E-state index contributed by atoms with van der Waals surface area (Å²) < 4.78 is 37.9. The summed E-state index contributed by atoms with van der Waals surface area (Å²) in [6.07, 6.45) is 1.17. The number of aromatic nitrogens is 1. The molecule has 0 radical (unpaired) electrons. The quantitative estimate of drug-likeness (QED) is 0.601. The van der Waals surface area contributed by atoms with Crippen molar-refractivity contribution in [2.24, 2.45) is 5.92 Å². The van der Waals surface area contributed by atoms with E-state index in [-0.39, 0.29) is 22.9 Å². The van der Waals surface area contributed by atoms with Crippen LogP contribution in [0.1, 0.15) is 19.8 Å². The molecule has 2 aromatic carbocycles. The Labute approximate surface area is 179 Å². The van der Waals surface area contributed by atoms with Crippen LogP contribution in [0.15, 0.2) is 56.6 Å². The van der Waals surface area contributed by atoms with Crippen LogP contribution >= 0.6 is 0 Å². The molecule has 1 atom stereocenters. The SMILES string of the molecule is CCOc1ccc(NC(=O)C2CCCN(S(=O)(=O)c3ccc4[nH]c(=O)oc4c3)C2)cc1. The molecule has 1 unspecified atom stereocenters. The first-order valence-electron chi connectivity index (χ1n) is 10.0. The molecule has 9 nitrogen and oxygen atoms in total. The van der Waals surface area contributed by atoms with Crippen molar-refractivity contribution in [3.63, 3.8) is 0 Å². The van der Waals surface area contributed by atoms with E-state index in [0.29, 0.717) is 42.9 Å². The number of hydrogen-bond acceptors (Lipinski definition) is 6. The van der Waals surface area contributed by atoms with Crippen molar-refractivity contribution in [2.75, 3.05) is 25.0 Å². The van der Waals surface area contributed by atoms with Crippen LogP contribution in [0.3, 0.4) is 0 Å². The van der Waals surface area contributed by atoms with Crippen molar-refractivity contribution in [1.82, 2.24) is 9.29 Å². The van der Waals surface area contributed by atoms with Gasteiger partial charge in [0.15, 0.2) is 5.58 Å². The Bertz CT molecular complexity index is 1250. The number of anilines is 1. The molecular weight excluding hydrogens is 422 g/mol. The summed E-state index contributed by atoms with van der Waals surface area (Å²) in [5.41, 5.74) is 1.23. The van der Waals surface area contributed by atoms with Crippen molar-refractivity contribution in [2.45, 2.75) is 24.7 Å². The van der Waals surface area contributed by atoms with Crippen LogP contribution in [0.25, 0.3) is 11.1 Å². The molecule has 1 aromatic heterocycles. The van der Waals surface area contributed by atoms with Crippen molar-refractivity contribution in [3.8, 4) is 5.75 Å². The van der Waals surface area contributed by atoms with E-state index in [0.717, 1.165) is 0 Å². The average molecular weight is 445 g/mol. The smallest absolute Gasteiger partial charge is 0.417 e. The van der Waals surface area contributed by atoms with E-state index >= 15 is 0 Å². The highest BCUT2D eigenvalue weighted by atomic mass is 32.2. The zero-order chi connectivity index (χ0) is 22.0. The van der Waals surface area contributed by atoms with E-state index in [1.165, 1.54) is 22.5 Å². The van der Waals surface area contributed by atoms with Crippen molar-refractivity contribution < 1.29 is 22.4 Å². The molecule has 164 valence electrons. The van der Waals surface area contributed by atoms with Crippen LogP contribution in [0, 0.1) is 5.92 Å². The molecule has 1 aliphatic heterocycles. The zero-order valence-electron chi connectivity index (χ0n) is 17.0. The largest absolute Gasteiger partial charge is 0.494 e. The van der Waals surface area contributed by atoms with Crippen LogP contribution in [-0.4, -0.2) is 43.3 Å². The molecule has 4 rings (SSSR count). The third kappa shape index (κ3) is 4.49. The molecule has 0 saturated carbocycles. The fourth-order valence-electron chi connectivity index (χ4n) is 3.66. The molecule has 0 spiro atoms. The lowest BCUT2D eigenvalue weighted by molar-refractivity contribution is -0.120. The summed E-state index contributed by atoms with van der Waals surface area (Å²) >= 11 is 0. The van der Waals surface area contributed by atoms with E-state index in [1.54, 1.807) is 24.3 Å². The number of nitrogens with zero attached hydrogens (tertiary/aromatic N) is 1. The number of amides is 1. The van der Waals surface area contributed by atoms with Crippen molar-refractivity contribution >= 4 is 32.7 Å². The van der Waals surface area contributed by atoms with E-state index in [1.807, 2.05) is 6.92 Å². The van der Waals surface area contributed by atoms with Gasteiger partial charge < -0.3 is 14.5 Å². The Hall–Kier alpha value is -3.11. The Balaban J connectivity index is 1.47. The van der Waals surface area contributed by atoms with Crippen LogP contribution in [0.4, 0.5) is 5.69 Å². The second-order valence-electron chi connectivity index (χ2n) is 7.32. The van der Waals surface area contributed by atoms with E-state index in [2.05, 4.69) is 10.3 Å². The summed E-state index contributed by atoms with van der Waals surface area (Å²) in [7, 11) is -3.83. The number of benzene rings is 2. The second-order valence-corrected chi connectivity index (χ2v) is 9.26. The van der Waals surface area contributed by atoms with E-state index in [4.69, 9.17) is 9.15 Å². The summed E-state index contributed by atoms with van der Waals surface area (Å²) in [5, 5.41) is 2.85. The molecule has 1 amide bonds. The molecule has 10 heteroatoms. The average Bonchev–Trinajstić information content (AvgIpc) is 3.14. The molecular formula is C21H23N3O6S. The Morgan fingerprint density at radius 3 is 2.77 bits per heavy atom. The van der Waals surface area contributed by atoms with Gasteiger partial charge in [-0.15, -0.1) is 0 Å². The molecule has 0 bridgehead atoms. The molecule has 1 aliphatic rings. The number of hydrogen-bond donors (Lipinski definition) is 2.